The summed E-state index contributed by atoms with van der Waals surface area (Å²) in [5, 5.41) is 4.66. The lowest BCUT2D eigenvalue weighted by atomic mass is 10.1. The Kier molecular flexibility index (Phi) is 4.20. The Labute approximate surface area is 165 Å². The quantitative estimate of drug-likeness (QED) is 0.663. The van der Waals surface area contributed by atoms with Crippen LogP contribution in [0.3, 0.4) is 0 Å². The second-order valence-electron chi connectivity index (χ2n) is 7.30. The predicted octanol–water partition coefficient (Wildman–Crippen LogP) is 4.64. The fraction of sp³-hybridized carbons (Fsp3) is 0.227. The second-order valence-corrected chi connectivity index (χ2v) is 7.30. The normalized spacial score (nSPS) is 16.8. The minimum atomic E-state index is -4.37. The van der Waals surface area contributed by atoms with E-state index in [4.69, 9.17) is 0 Å². The van der Waals surface area contributed by atoms with Crippen LogP contribution in [0.2, 0.25) is 0 Å². The number of fused-ring (bicyclic) bond motifs is 3. The van der Waals surface area contributed by atoms with Crippen molar-refractivity contribution in [3.63, 3.8) is 0 Å². The third-order valence-electron chi connectivity index (χ3n) is 5.49. The third-order valence-corrected chi connectivity index (χ3v) is 5.49. The maximum absolute atomic E-state index is 12.7. The standard InChI is InChI=1S/C22H19F3N4/c23-22(24,25)15-1-4-19(27-12-15)14-6-9-29(10-7-14)16-2-3-17-18-13-26-8-5-20(18)28-21(17)11-16/h1-4,6-7,9,11-12,26,28H,5,8,10,13H2. The third kappa shape index (κ3) is 3.31. The summed E-state index contributed by atoms with van der Waals surface area (Å²) in [6.07, 6.45) is 3.32. The van der Waals surface area contributed by atoms with E-state index >= 15 is 0 Å². The predicted molar refractivity (Wildman–Crippen MR) is 107 cm³/mol. The lowest BCUT2D eigenvalue weighted by Crippen LogP contribution is -2.22. The molecule has 4 nitrogen and oxygen atoms in total. The molecule has 7 heteroatoms. The molecule has 0 bridgehead atoms. The van der Waals surface area contributed by atoms with Crippen LogP contribution in [0, 0.1) is 0 Å². The first-order valence-corrected chi connectivity index (χ1v) is 9.52. The van der Waals surface area contributed by atoms with Gasteiger partial charge in [-0.1, -0.05) is 12.1 Å². The smallest absolute Gasteiger partial charge is 0.358 e. The zero-order chi connectivity index (χ0) is 20.0. The summed E-state index contributed by atoms with van der Waals surface area (Å²) in [6.45, 7) is 2.51. The van der Waals surface area contributed by atoms with Gasteiger partial charge in [0.1, 0.15) is 0 Å². The number of H-pyrrole nitrogens is 1. The average molecular weight is 396 g/mol. The number of allylic oxidation sites excluding steroid dienone is 2. The molecule has 2 N–H and O–H groups in total. The number of benzene rings is 1. The number of pyridine rings is 1. The first kappa shape index (κ1) is 18.0. The van der Waals surface area contributed by atoms with Crippen molar-refractivity contribution in [1.29, 1.82) is 0 Å². The van der Waals surface area contributed by atoms with Crippen LogP contribution in [0.4, 0.5) is 18.9 Å². The topological polar surface area (TPSA) is 44.0 Å². The number of aromatic nitrogens is 2. The molecule has 0 aliphatic carbocycles. The van der Waals surface area contributed by atoms with E-state index in [-0.39, 0.29) is 0 Å². The molecule has 0 spiro atoms. The van der Waals surface area contributed by atoms with Crippen molar-refractivity contribution in [3.05, 3.63) is 77.4 Å². The molecule has 2 aliphatic heterocycles. The van der Waals surface area contributed by atoms with Crippen LogP contribution >= 0.6 is 0 Å². The van der Waals surface area contributed by atoms with Gasteiger partial charge in [0.25, 0.3) is 0 Å². The van der Waals surface area contributed by atoms with Gasteiger partial charge in [-0.3, -0.25) is 4.98 Å². The SMILES string of the molecule is FC(F)(F)c1ccc(C2=CCN(c3ccc4c5c([nH]c4c3)CCNC5)C=C2)nc1. The van der Waals surface area contributed by atoms with Crippen molar-refractivity contribution < 1.29 is 13.2 Å². The van der Waals surface area contributed by atoms with E-state index in [1.165, 1.54) is 22.7 Å². The fourth-order valence-electron chi connectivity index (χ4n) is 3.93. The van der Waals surface area contributed by atoms with Gasteiger partial charge in [0.05, 0.1) is 11.3 Å². The second kappa shape index (κ2) is 6.77. The Balaban J connectivity index is 1.36. The van der Waals surface area contributed by atoms with Crippen LogP contribution in [0.25, 0.3) is 16.5 Å². The number of hydrogen-bond donors (Lipinski definition) is 2. The minimum Gasteiger partial charge on any atom is -0.358 e. The van der Waals surface area contributed by atoms with Gasteiger partial charge < -0.3 is 15.2 Å². The van der Waals surface area contributed by atoms with Gasteiger partial charge >= 0.3 is 6.18 Å². The van der Waals surface area contributed by atoms with E-state index in [9.17, 15) is 13.2 Å². The van der Waals surface area contributed by atoms with Gasteiger partial charge in [0.2, 0.25) is 0 Å². The van der Waals surface area contributed by atoms with Gasteiger partial charge in [-0.15, -0.1) is 0 Å². The zero-order valence-electron chi connectivity index (χ0n) is 15.6. The number of rotatable bonds is 2. The monoisotopic (exact) mass is 396 g/mol. The molecule has 0 fully saturated rings. The number of aromatic amines is 1. The molecule has 0 saturated heterocycles. The summed E-state index contributed by atoms with van der Waals surface area (Å²) in [6, 6.07) is 8.88. The number of nitrogens with zero attached hydrogens (tertiary/aromatic N) is 2. The van der Waals surface area contributed by atoms with Gasteiger partial charge in [0, 0.05) is 60.7 Å². The summed E-state index contributed by atoms with van der Waals surface area (Å²) < 4.78 is 38.1. The maximum Gasteiger partial charge on any atom is 0.417 e. The lowest BCUT2D eigenvalue weighted by Gasteiger charge is -2.23. The average Bonchev–Trinajstić information content (AvgIpc) is 3.11. The molecule has 29 heavy (non-hydrogen) atoms. The molecule has 1 aromatic carbocycles. The molecule has 2 aromatic heterocycles. The minimum absolute atomic E-state index is 0.536. The van der Waals surface area contributed by atoms with Crippen molar-refractivity contribution in [1.82, 2.24) is 15.3 Å². The molecular formula is C22H19F3N4. The van der Waals surface area contributed by atoms with E-state index in [1.807, 2.05) is 18.4 Å². The first-order chi connectivity index (χ1) is 14.0. The highest BCUT2D eigenvalue weighted by Crippen LogP contribution is 2.31. The molecule has 148 valence electrons. The van der Waals surface area contributed by atoms with E-state index in [0.717, 1.165) is 48.6 Å². The van der Waals surface area contributed by atoms with E-state index in [2.05, 4.69) is 38.4 Å². The van der Waals surface area contributed by atoms with E-state index in [0.29, 0.717) is 12.2 Å². The first-order valence-electron chi connectivity index (χ1n) is 9.52. The van der Waals surface area contributed by atoms with Crippen molar-refractivity contribution in [2.24, 2.45) is 0 Å². The zero-order valence-corrected chi connectivity index (χ0v) is 15.6. The van der Waals surface area contributed by atoms with Crippen molar-refractivity contribution in [2.75, 3.05) is 18.0 Å². The van der Waals surface area contributed by atoms with Crippen molar-refractivity contribution >= 4 is 22.2 Å². The lowest BCUT2D eigenvalue weighted by molar-refractivity contribution is -0.137. The molecule has 3 aromatic rings. The molecule has 0 atom stereocenters. The summed E-state index contributed by atoms with van der Waals surface area (Å²) in [5.74, 6) is 0. The highest BCUT2D eigenvalue weighted by Gasteiger charge is 2.30. The Hall–Kier alpha value is -3.06. The number of halogens is 3. The summed E-state index contributed by atoms with van der Waals surface area (Å²) >= 11 is 0. The number of anilines is 1. The number of nitrogens with one attached hydrogen (secondary N) is 2. The van der Waals surface area contributed by atoms with Gasteiger partial charge in [-0.25, -0.2) is 0 Å². The van der Waals surface area contributed by atoms with Crippen LogP contribution in [-0.2, 0) is 19.1 Å². The number of alkyl halides is 3. The van der Waals surface area contributed by atoms with Crippen LogP contribution in [0.15, 0.2) is 54.9 Å². The largest absolute Gasteiger partial charge is 0.417 e. The van der Waals surface area contributed by atoms with Crippen LogP contribution in [-0.4, -0.2) is 23.1 Å². The molecule has 2 aliphatic rings. The Morgan fingerprint density at radius 1 is 1.10 bits per heavy atom. The summed E-state index contributed by atoms with van der Waals surface area (Å²) in [5.41, 5.74) is 5.47. The molecule has 0 radical (unpaired) electrons. The molecule has 0 amide bonds. The van der Waals surface area contributed by atoms with Gasteiger partial charge in [-0.2, -0.15) is 13.2 Å². The van der Waals surface area contributed by atoms with Crippen LogP contribution < -0.4 is 10.2 Å². The summed E-state index contributed by atoms with van der Waals surface area (Å²) in [4.78, 5) is 9.62. The fourth-order valence-corrected chi connectivity index (χ4v) is 3.93. The van der Waals surface area contributed by atoms with Crippen LogP contribution in [0.5, 0.6) is 0 Å². The molecular weight excluding hydrogens is 377 g/mol. The Bertz CT molecular complexity index is 1120. The van der Waals surface area contributed by atoms with Crippen molar-refractivity contribution in [3.8, 4) is 0 Å². The Morgan fingerprint density at radius 2 is 2.00 bits per heavy atom. The van der Waals surface area contributed by atoms with Crippen molar-refractivity contribution in [2.45, 2.75) is 19.1 Å². The summed E-state index contributed by atoms with van der Waals surface area (Å²) in [7, 11) is 0. The van der Waals surface area contributed by atoms with Gasteiger partial charge in [0.15, 0.2) is 0 Å². The van der Waals surface area contributed by atoms with Gasteiger partial charge in [-0.05, 0) is 41.5 Å². The van der Waals surface area contributed by atoms with Crippen LogP contribution in [0.1, 0.15) is 22.5 Å². The van der Waals surface area contributed by atoms with E-state index < -0.39 is 11.7 Å². The molecule has 0 unspecified atom stereocenters. The van der Waals surface area contributed by atoms with E-state index in [1.54, 1.807) is 0 Å². The Morgan fingerprint density at radius 3 is 2.72 bits per heavy atom. The number of hydrogen-bond acceptors (Lipinski definition) is 3. The highest BCUT2D eigenvalue weighted by molar-refractivity contribution is 5.88. The highest BCUT2D eigenvalue weighted by atomic mass is 19.4. The molecule has 0 saturated carbocycles. The molecule has 4 heterocycles. The molecule has 5 rings (SSSR count). The maximum atomic E-state index is 12.7.